The van der Waals surface area contributed by atoms with Crippen LogP contribution in [0.25, 0.3) is 0 Å². The molecule has 1 aromatic rings. The summed E-state index contributed by atoms with van der Waals surface area (Å²) in [6.45, 7) is 1.86. The first-order chi connectivity index (χ1) is 5.18. The molecule has 0 saturated heterocycles. The van der Waals surface area contributed by atoms with E-state index in [1.165, 1.54) is 11.8 Å². The second-order valence-electron chi connectivity index (χ2n) is 2.12. The number of hydrogen-bond donors (Lipinski definition) is 1. The van der Waals surface area contributed by atoms with Crippen LogP contribution in [0.4, 0.5) is 0 Å². The van der Waals surface area contributed by atoms with Gasteiger partial charge in [-0.25, -0.2) is 0 Å². The maximum absolute atomic E-state index is 10.3. The Morgan fingerprint density at radius 3 is 2.91 bits per heavy atom. The van der Waals surface area contributed by atoms with Crippen molar-refractivity contribution in [3.05, 3.63) is 17.9 Å². The van der Waals surface area contributed by atoms with E-state index in [1.54, 1.807) is 0 Å². The molecule has 4 heteroatoms. The maximum atomic E-state index is 10.3. The number of rotatable bonds is 3. The summed E-state index contributed by atoms with van der Waals surface area (Å²) in [5.41, 5.74) is 4.95. The quantitative estimate of drug-likeness (QED) is 0.694. The standard InChI is InChI=1S/C7H9NO2S/c1-5-2-3-7(10-5)11-4-6(8)9/h2-3H,4H2,1H3,(H2,8,9). The van der Waals surface area contributed by atoms with Crippen molar-refractivity contribution in [1.82, 2.24) is 0 Å². The van der Waals surface area contributed by atoms with E-state index < -0.39 is 0 Å². The molecule has 0 unspecified atom stereocenters. The molecule has 0 spiro atoms. The average Bonchev–Trinajstić information content (AvgIpc) is 2.31. The van der Waals surface area contributed by atoms with Crippen LogP contribution in [0.2, 0.25) is 0 Å². The van der Waals surface area contributed by atoms with E-state index >= 15 is 0 Å². The third-order valence-electron chi connectivity index (χ3n) is 1.07. The molecule has 0 bridgehead atoms. The molecule has 1 amide bonds. The number of aryl methyl sites for hydroxylation is 1. The number of primary amides is 1. The fourth-order valence-corrected chi connectivity index (χ4v) is 1.27. The number of carbonyl (C=O) groups excluding carboxylic acids is 1. The van der Waals surface area contributed by atoms with E-state index in [2.05, 4.69) is 0 Å². The second-order valence-corrected chi connectivity index (χ2v) is 3.10. The minimum atomic E-state index is -0.330. The third-order valence-corrected chi connectivity index (χ3v) is 2.01. The lowest BCUT2D eigenvalue weighted by Crippen LogP contribution is -2.12. The molecule has 0 aliphatic rings. The molecule has 2 N–H and O–H groups in total. The van der Waals surface area contributed by atoms with E-state index in [-0.39, 0.29) is 11.7 Å². The van der Waals surface area contributed by atoms with Crippen LogP contribution >= 0.6 is 11.8 Å². The van der Waals surface area contributed by atoms with Crippen molar-refractivity contribution in [2.75, 3.05) is 5.75 Å². The van der Waals surface area contributed by atoms with Crippen molar-refractivity contribution in [3.8, 4) is 0 Å². The highest BCUT2D eigenvalue weighted by Crippen LogP contribution is 2.19. The first-order valence-corrected chi connectivity index (χ1v) is 4.14. The predicted octanol–water partition coefficient (Wildman–Crippen LogP) is 1.17. The Bertz CT molecular complexity index is 257. The summed E-state index contributed by atoms with van der Waals surface area (Å²) in [5, 5.41) is 0.737. The van der Waals surface area contributed by atoms with Crippen molar-refractivity contribution >= 4 is 17.7 Å². The zero-order chi connectivity index (χ0) is 8.27. The van der Waals surface area contributed by atoms with E-state index in [0.717, 1.165) is 10.9 Å². The number of carbonyl (C=O) groups is 1. The van der Waals surface area contributed by atoms with Gasteiger partial charge < -0.3 is 10.2 Å². The molecule has 3 nitrogen and oxygen atoms in total. The van der Waals surface area contributed by atoms with Gasteiger partial charge in [-0.05, 0) is 19.1 Å². The van der Waals surface area contributed by atoms with Gasteiger partial charge >= 0.3 is 0 Å². The van der Waals surface area contributed by atoms with Crippen molar-refractivity contribution in [1.29, 1.82) is 0 Å². The topological polar surface area (TPSA) is 56.2 Å². The number of nitrogens with two attached hydrogens (primary N) is 1. The van der Waals surface area contributed by atoms with Gasteiger partial charge in [0.25, 0.3) is 0 Å². The highest BCUT2D eigenvalue weighted by atomic mass is 32.2. The molecule has 0 aliphatic heterocycles. The van der Waals surface area contributed by atoms with Crippen LogP contribution in [0.3, 0.4) is 0 Å². The molecule has 1 heterocycles. The first-order valence-electron chi connectivity index (χ1n) is 3.16. The number of furan rings is 1. The van der Waals surface area contributed by atoms with E-state index in [1.807, 2.05) is 19.1 Å². The molecule has 0 radical (unpaired) electrons. The lowest BCUT2D eigenvalue weighted by Gasteiger charge is -1.91. The second kappa shape index (κ2) is 3.48. The summed E-state index contributed by atoms with van der Waals surface area (Å²) in [5.74, 6) is 0.786. The summed E-state index contributed by atoms with van der Waals surface area (Å²) < 4.78 is 5.19. The number of hydrogen-bond acceptors (Lipinski definition) is 3. The Morgan fingerprint density at radius 2 is 2.45 bits per heavy atom. The lowest BCUT2D eigenvalue weighted by molar-refractivity contribution is -0.115. The van der Waals surface area contributed by atoms with Crippen molar-refractivity contribution in [3.63, 3.8) is 0 Å². The monoisotopic (exact) mass is 171 g/mol. The Balaban J connectivity index is 2.45. The molecule has 11 heavy (non-hydrogen) atoms. The fraction of sp³-hybridized carbons (Fsp3) is 0.286. The van der Waals surface area contributed by atoms with E-state index in [4.69, 9.17) is 10.2 Å². The van der Waals surface area contributed by atoms with Crippen LogP contribution in [-0.2, 0) is 4.79 Å². The van der Waals surface area contributed by atoms with Crippen molar-refractivity contribution in [2.24, 2.45) is 5.73 Å². The summed E-state index contributed by atoms with van der Waals surface area (Å²) >= 11 is 1.31. The van der Waals surface area contributed by atoms with Gasteiger partial charge in [0.05, 0.1) is 5.75 Å². The van der Waals surface area contributed by atoms with Gasteiger partial charge in [0.1, 0.15) is 5.76 Å². The summed E-state index contributed by atoms with van der Waals surface area (Å²) in [7, 11) is 0. The Kier molecular flexibility index (Phi) is 2.59. The largest absolute Gasteiger partial charge is 0.455 e. The average molecular weight is 171 g/mol. The Hall–Kier alpha value is -0.900. The van der Waals surface area contributed by atoms with Crippen LogP contribution in [-0.4, -0.2) is 11.7 Å². The molecule has 0 atom stereocenters. The smallest absolute Gasteiger partial charge is 0.227 e. The minimum absolute atomic E-state index is 0.271. The molecular weight excluding hydrogens is 162 g/mol. The van der Waals surface area contributed by atoms with Gasteiger partial charge in [0.2, 0.25) is 5.91 Å². The minimum Gasteiger partial charge on any atom is -0.455 e. The molecule has 1 rings (SSSR count). The molecule has 1 aromatic heterocycles. The van der Waals surface area contributed by atoms with Gasteiger partial charge in [-0.15, -0.1) is 0 Å². The molecular formula is C7H9NO2S. The van der Waals surface area contributed by atoms with Crippen molar-refractivity contribution in [2.45, 2.75) is 12.0 Å². The SMILES string of the molecule is Cc1ccc(SCC(N)=O)o1. The molecule has 0 saturated carbocycles. The molecule has 60 valence electrons. The number of amides is 1. The van der Waals surface area contributed by atoms with Gasteiger partial charge in [-0.2, -0.15) is 0 Å². The van der Waals surface area contributed by atoms with E-state index in [0.29, 0.717) is 0 Å². The highest BCUT2D eigenvalue weighted by molar-refractivity contribution is 7.99. The number of thioether (sulfide) groups is 1. The van der Waals surface area contributed by atoms with Gasteiger partial charge in [0.15, 0.2) is 5.09 Å². The van der Waals surface area contributed by atoms with Gasteiger partial charge in [-0.1, -0.05) is 11.8 Å². The highest BCUT2D eigenvalue weighted by Gasteiger charge is 2.00. The predicted molar refractivity (Wildman–Crippen MR) is 43.4 cm³/mol. The van der Waals surface area contributed by atoms with Crippen LogP contribution in [0, 0.1) is 6.92 Å². The van der Waals surface area contributed by atoms with Crippen LogP contribution < -0.4 is 5.73 Å². The Morgan fingerprint density at radius 1 is 1.73 bits per heavy atom. The van der Waals surface area contributed by atoms with E-state index in [9.17, 15) is 4.79 Å². The summed E-state index contributed by atoms with van der Waals surface area (Å²) in [4.78, 5) is 10.3. The maximum Gasteiger partial charge on any atom is 0.227 e. The van der Waals surface area contributed by atoms with Crippen LogP contribution in [0.5, 0.6) is 0 Å². The fourth-order valence-electron chi connectivity index (χ4n) is 0.632. The lowest BCUT2D eigenvalue weighted by atomic mass is 10.5. The third kappa shape index (κ3) is 2.67. The molecule has 0 aromatic carbocycles. The molecule has 0 fully saturated rings. The Labute approximate surface area is 68.9 Å². The summed E-state index contributed by atoms with van der Waals surface area (Å²) in [6.07, 6.45) is 0. The summed E-state index contributed by atoms with van der Waals surface area (Å²) in [6, 6.07) is 3.67. The van der Waals surface area contributed by atoms with Crippen LogP contribution in [0.1, 0.15) is 5.76 Å². The van der Waals surface area contributed by atoms with Gasteiger partial charge in [-0.3, -0.25) is 4.79 Å². The van der Waals surface area contributed by atoms with Crippen LogP contribution in [0.15, 0.2) is 21.6 Å². The first kappa shape index (κ1) is 8.20. The normalized spacial score (nSPS) is 9.91. The van der Waals surface area contributed by atoms with Gasteiger partial charge in [0, 0.05) is 0 Å². The molecule has 0 aliphatic carbocycles. The zero-order valence-corrected chi connectivity index (χ0v) is 6.98. The zero-order valence-electron chi connectivity index (χ0n) is 6.16. The van der Waals surface area contributed by atoms with Crippen molar-refractivity contribution < 1.29 is 9.21 Å².